The third-order valence-corrected chi connectivity index (χ3v) is 2.86. The van der Waals surface area contributed by atoms with E-state index in [0.29, 0.717) is 12.6 Å². The second-order valence-electron chi connectivity index (χ2n) is 4.24. The minimum Gasteiger partial charge on any atom is -0.463 e. The van der Waals surface area contributed by atoms with Crippen molar-refractivity contribution < 1.29 is 4.74 Å². The van der Waals surface area contributed by atoms with E-state index < -0.39 is 0 Å². The molecule has 0 bridgehead atoms. The van der Waals surface area contributed by atoms with Gasteiger partial charge >= 0.3 is 0 Å². The molecular formula is C9H16N2O. The van der Waals surface area contributed by atoms with Gasteiger partial charge in [0.15, 0.2) is 0 Å². The van der Waals surface area contributed by atoms with Crippen LogP contribution in [-0.4, -0.2) is 18.2 Å². The summed E-state index contributed by atoms with van der Waals surface area (Å²) in [5.41, 5.74) is 5.45. The van der Waals surface area contributed by atoms with Crippen molar-refractivity contribution in [3.63, 3.8) is 0 Å². The molecule has 0 radical (unpaired) electrons. The molecule has 0 aromatic rings. The Morgan fingerprint density at radius 2 is 2.42 bits per heavy atom. The van der Waals surface area contributed by atoms with Crippen LogP contribution in [-0.2, 0) is 4.74 Å². The van der Waals surface area contributed by atoms with Crippen molar-refractivity contribution in [1.82, 2.24) is 0 Å². The number of ether oxygens (including phenoxy) is 1. The van der Waals surface area contributed by atoms with E-state index in [4.69, 9.17) is 10.5 Å². The Kier molecular flexibility index (Phi) is 1.74. The Morgan fingerprint density at radius 1 is 1.67 bits per heavy atom. The number of hydrogen-bond donors (Lipinski definition) is 1. The van der Waals surface area contributed by atoms with Gasteiger partial charge in [-0.1, -0.05) is 19.3 Å². The molecule has 0 amide bonds. The Balaban J connectivity index is 1.92. The summed E-state index contributed by atoms with van der Waals surface area (Å²) in [7, 11) is 0. The van der Waals surface area contributed by atoms with Gasteiger partial charge in [-0.15, -0.1) is 0 Å². The van der Waals surface area contributed by atoms with Crippen molar-refractivity contribution in [2.45, 2.75) is 38.1 Å². The Bertz CT molecular complexity index is 211. The highest BCUT2D eigenvalue weighted by Crippen LogP contribution is 2.36. The van der Waals surface area contributed by atoms with Crippen LogP contribution in [0.15, 0.2) is 4.99 Å². The fourth-order valence-electron chi connectivity index (χ4n) is 1.98. The highest BCUT2D eigenvalue weighted by Gasteiger charge is 2.35. The highest BCUT2D eigenvalue weighted by atomic mass is 16.5. The van der Waals surface area contributed by atoms with E-state index >= 15 is 0 Å². The van der Waals surface area contributed by atoms with Crippen molar-refractivity contribution >= 4 is 6.02 Å². The Hall–Kier alpha value is -0.730. The van der Waals surface area contributed by atoms with Gasteiger partial charge in [-0.2, -0.15) is 0 Å². The molecule has 2 aliphatic rings. The Labute approximate surface area is 73.0 Å². The van der Waals surface area contributed by atoms with Gasteiger partial charge in [-0.3, -0.25) is 0 Å². The number of nitrogens with two attached hydrogens (primary N) is 1. The molecule has 1 atom stereocenters. The standard InChI is InChI=1S/C9H16N2O/c1-9(5-7-3-2-4-7)6-12-8(10)11-9/h7H,2-6H2,1H3,(H2,10,11). The number of amidine groups is 1. The molecule has 1 aliphatic carbocycles. The first kappa shape index (κ1) is 7.90. The third kappa shape index (κ3) is 1.40. The lowest BCUT2D eigenvalue weighted by molar-refractivity contribution is 0.192. The minimum absolute atomic E-state index is 0.0187. The van der Waals surface area contributed by atoms with Gasteiger partial charge in [-0.05, 0) is 19.3 Å². The summed E-state index contributed by atoms with van der Waals surface area (Å²) in [5.74, 6) is 0.869. The third-order valence-electron chi connectivity index (χ3n) is 2.86. The number of aliphatic imine (C=N–C) groups is 1. The van der Waals surface area contributed by atoms with Crippen molar-refractivity contribution in [2.75, 3.05) is 6.61 Å². The molecule has 0 aromatic carbocycles. The molecule has 3 heteroatoms. The average molecular weight is 168 g/mol. The molecule has 3 nitrogen and oxygen atoms in total. The van der Waals surface area contributed by atoms with Crippen LogP contribution in [0.1, 0.15) is 32.6 Å². The number of rotatable bonds is 2. The number of nitrogens with zero attached hydrogens (tertiary/aromatic N) is 1. The molecule has 12 heavy (non-hydrogen) atoms. The minimum atomic E-state index is -0.0187. The topological polar surface area (TPSA) is 47.6 Å². The second kappa shape index (κ2) is 2.64. The van der Waals surface area contributed by atoms with Gasteiger partial charge in [-0.25, -0.2) is 4.99 Å². The van der Waals surface area contributed by atoms with E-state index in [9.17, 15) is 0 Å². The smallest absolute Gasteiger partial charge is 0.282 e. The van der Waals surface area contributed by atoms with Crippen LogP contribution in [0.4, 0.5) is 0 Å². The predicted molar refractivity (Wildman–Crippen MR) is 47.9 cm³/mol. The lowest BCUT2D eigenvalue weighted by atomic mass is 9.77. The van der Waals surface area contributed by atoms with Crippen LogP contribution in [0.3, 0.4) is 0 Å². The van der Waals surface area contributed by atoms with Crippen molar-refractivity contribution in [3.8, 4) is 0 Å². The zero-order chi connectivity index (χ0) is 8.60. The van der Waals surface area contributed by atoms with Crippen molar-refractivity contribution in [2.24, 2.45) is 16.6 Å². The summed E-state index contributed by atoms with van der Waals surface area (Å²) in [6.07, 6.45) is 5.27. The maximum atomic E-state index is 5.47. The summed E-state index contributed by atoms with van der Waals surface area (Å²) in [6, 6.07) is 0.372. The van der Waals surface area contributed by atoms with Crippen LogP contribution in [0.25, 0.3) is 0 Å². The molecular weight excluding hydrogens is 152 g/mol. The monoisotopic (exact) mass is 168 g/mol. The molecule has 0 aromatic heterocycles. The van der Waals surface area contributed by atoms with Crippen LogP contribution >= 0.6 is 0 Å². The largest absolute Gasteiger partial charge is 0.463 e. The van der Waals surface area contributed by atoms with Crippen LogP contribution in [0.5, 0.6) is 0 Å². The molecule has 1 fully saturated rings. The van der Waals surface area contributed by atoms with E-state index in [1.54, 1.807) is 0 Å². The Morgan fingerprint density at radius 3 is 2.83 bits per heavy atom. The molecule has 1 aliphatic heterocycles. The van der Waals surface area contributed by atoms with Gasteiger partial charge in [0, 0.05) is 0 Å². The predicted octanol–water partition coefficient (Wildman–Crippen LogP) is 1.28. The van der Waals surface area contributed by atoms with Crippen molar-refractivity contribution in [1.29, 1.82) is 0 Å². The molecule has 0 spiro atoms. The first-order valence-electron chi connectivity index (χ1n) is 4.66. The van der Waals surface area contributed by atoms with E-state index in [-0.39, 0.29) is 5.54 Å². The SMILES string of the molecule is CC1(CC2CCC2)COC(N)=N1. The fourth-order valence-corrected chi connectivity index (χ4v) is 1.98. The quantitative estimate of drug-likeness (QED) is 0.675. The fraction of sp³-hybridized carbons (Fsp3) is 0.889. The zero-order valence-corrected chi connectivity index (χ0v) is 7.55. The summed E-state index contributed by atoms with van der Waals surface area (Å²) in [5, 5.41) is 0. The summed E-state index contributed by atoms with van der Waals surface area (Å²) in [6.45, 7) is 2.81. The summed E-state index contributed by atoms with van der Waals surface area (Å²) in [4.78, 5) is 4.31. The normalized spacial score (nSPS) is 35.6. The summed E-state index contributed by atoms with van der Waals surface area (Å²) < 4.78 is 5.17. The highest BCUT2D eigenvalue weighted by molar-refractivity contribution is 5.73. The van der Waals surface area contributed by atoms with Gasteiger partial charge in [0.1, 0.15) is 6.61 Å². The van der Waals surface area contributed by atoms with Crippen LogP contribution < -0.4 is 5.73 Å². The van der Waals surface area contributed by atoms with Crippen molar-refractivity contribution in [3.05, 3.63) is 0 Å². The summed E-state index contributed by atoms with van der Waals surface area (Å²) >= 11 is 0. The molecule has 68 valence electrons. The average Bonchev–Trinajstić information content (AvgIpc) is 2.24. The zero-order valence-electron chi connectivity index (χ0n) is 7.55. The van der Waals surface area contributed by atoms with Gasteiger partial charge in [0.2, 0.25) is 0 Å². The van der Waals surface area contributed by atoms with Crippen LogP contribution in [0.2, 0.25) is 0 Å². The molecule has 0 saturated heterocycles. The van der Waals surface area contributed by atoms with E-state index in [0.717, 1.165) is 12.3 Å². The van der Waals surface area contributed by atoms with Gasteiger partial charge in [0.25, 0.3) is 6.02 Å². The number of hydrogen-bond acceptors (Lipinski definition) is 3. The molecule has 2 N–H and O–H groups in total. The molecule has 1 unspecified atom stereocenters. The van der Waals surface area contributed by atoms with Gasteiger partial charge < -0.3 is 10.5 Å². The first-order chi connectivity index (χ1) is 5.68. The molecule has 2 rings (SSSR count). The molecule has 1 heterocycles. The first-order valence-corrected chi connectivity index (χ1v) is 4.66. The van der Waals surface area contributed by atoms with E-state index in [2.05, 4.69) is 11.9 Å². The lowest BCUT2D eigenvalue weighted by Gasteiger charge is -2.31. The van der Waals surface area contributed by atoms with Crippen LogP contribution in [0, 0.1) is 5.92 Å². The maximum Gasteiger partial charge on any atom is 0.282 e. The van der Waals surface area contributed by atoms with E-state index in [1.165, 1.54) is 19.3 Å². The van der Waals surface area contributed by atoms with Gasteiger partial charge in [0.05, 0.1) is 5.54 Å². The lowest BCUT2D eigenvalue weighted by Crippen LogP contribution is -2.29. The second-order valence-corrected chi connectivity index (χ2v) is 4.24. The maximum absolute atomic E-state index is 5.47. The molecule has 1 saturated carbocycles. The van der Waals surface area contributed by atoms with E-state index in [1.807, 2.05) is 0 Å².